The third-order valence-corrected chi connectivity index (χ3v) is 2.93. The van der Waals surface area contributed by atoms with Crippen LogP contribution in [0.2, 0.25) is 0 Å². The van der Waals surface area contributed by atoms with E-state index in [2.05, 4.69) is 25.3 Å². The molecule has 0 aliphatic carbocycles. The van der Waals surface area contributed by atoms with Crippen LogP contribution in [-0.2, 0) is 0 Å². The molecule has 0 aliphatic rings. The number of hydrogen-bond acceptors (Lipinski definition) is 4. The molecule has 0 atom stereocenters. The summed E-state index contributed by atoms with van der Waals surface area (Å²) in [5.74, 6) is 0. The first-order valence-corrected chi connectivity index (χ1v) is 4.99. The summed E-state index contributed by atoms with van der Waals surface area (Å²) in [4.78, 5) is 1.64. The fraction of sp³-hybridized carbons (Fsp3) is 0. The van der Waals surface area contributed by atoms with E-state index in [9.17, 15) is 0 Å². The zero-order valence-electron chi connectivity index (χ0n) is 7.36. The number of fused-ring (bicyclic) bond motifs is 1. The van der Waals surface area contributed by atoms with Crippen molar-refractivity contribution in [1.29, 1.82) is 0 Å². The minimum absolute atomic E-state index is 0.676. The highest BCUT2D eigenvalue weighted by atomic mass is 32.1. The van der Waals surface area contributed by atoms with E-state index in [1.165, 1.54) is 0 Å². The summed E-state index contributed by atoms with van der Waals surface area (Å²) in [5.41, 5.74) is 13.1. The van der Waals surface area contributed by atoms with Crippen LogP contribution in [0.1, 0.15) is 0 Å². The van der Waals surface area contributed by atoms with Gasteiger partial charge in [0.1, 0.15) is 0 Å². The molecule has 2 rings (SSSR count). The molecule has 2 aromatic carbocycles. The highest BCUT2D eigenvalue weighted by Gasteiger charge is 2.07. The summed E-state index contributed by atoms with van der Waals surface area (Å²) in [7, 11) is 0. The largest absolute Gasteiger partial charge is 0.398 e. The maximum absolute atomic E-state index is 5.86. The first kappa shape index (κ1) is 9.55. The average Bonchev–Trinajstić information content (AvgIpc) is 2.16. The van der Waals surface area contributed by atoms with Gasteiger partial charge in [0.2, 0.25) is 0 Å². The Hall–Kier alpha value is -1.00. The standard InChI is InChI=1S/C10H10N2S2/c11-5-1-3-7(13)10-6(12)2-4-8(14)9(5)10/h1-4,13-14H,11-12H2. The lowest BCUT2D eigenvalue weighted by Crippen LogP contribution is -1.93. The minimum atomic E-state index is 0.676. The predicted molar refractivity (Wildman–Crippen MR) is 67.3 cm³/mol. The highest BCUT2D eigenvalue weighted by Crippen LogP contribution is 2.35. The Labute approximate surface area is 93.1 Å². The zero-order chi connectivity index (χ0) is 10.3. The van der Waals surface area contributed by atoms with E-state index >= 15 is 0 Å². The normalized spacial score (nSPS) is 10.7. The molecule has 0 bridgehead atoms. The van der Waals surface area contributed by atoms with Crippen LogP contribution in [0, 0.1) is 0 Å². The van der Waals surface area contributed by atoms with Crippen molar-refractivity contribution < 1.29 is 0 Å². The lowest BCUT2D eigenvalue weighted by molar-refractivity contribution is 1.49. The number of anilines is 2. The number of hydrogen-bond donors (Lipinski definition) is 4. The number of thiol groups is 2. The maximum atomic E-state index is 5.86. The van der Waals surface area contributed by atoms with E-state index < -0.39 is 0 Å². The molecule has 0 unspecified atom stereocenters. The number of nitrogens with two attached hydrogens (primary N) is 2. The SMILES string of the molecule is Nc1ccc(S)c2c(N)ccc(S)c12. The number of benzene rings is 2. The van der Waals surface area contributed by atoms with Crippen molar-refractivity contribution in [3.8, 4) is 0 Å². The fourth-order valence-corrected chi connectivity index (χ4v) is 2.14. The van der Waals surface area contributed by atoms with Gasteiger partial charge in [0.05, 0.1) is 0 Å². The fourth-order valence-electron chi connectivity index (χ4n) is 1.51. The average molecular weight is 222 g/mol. The van der Waals surface area contributed by atoms with Gasteiger partial charge in [-0.1, -0.05) is 0 Å². The molecule has 14 heavy (non-hydrogen) atoms. The van der Waals surface area contributed by atoms with E-state index in [-0.39, 0.29) is 0 Å². The summed E-state index contributed by atoms with van der Waals surface area (Å²) in [6, 6.07) is 7.29. The summed E-state index contributed by atoms with van der Waals surface area (Å²) < 4.78 is 0. The van der Waals surface area contributed by atoms with E-state index in [0.717, 1.165) is 20.6 Å². The quantitative estimate of drug-likeness (QED) is 0.409. The van der Waals surface area contributed by atoms with Crippen molar-refractivity contribution in [1.82, 2.24) is 0 Å². The molecule has 0 radical (unpaired) electrons. The molecule has 2 nitrogen and oxygen atoms in total. The molecule has 72 valence electrons. The molecule has 0 saturated heterocycles. The molecular weight excluding hydrogens is 212 g/mol. The topological polar surface area (TPSA) is 52.0 Å². The van der Waals surface area contributed by atoms with E-state index in [1.807, 2.05) is 24.3 Å². The van der Waals surface area contributed by atoms with Crippen molar-refractivity contribution in [3.63, 3.8) is 0 Å². The molecule has 0 amide bonds. The first-order valence-electron chi connectivity index (χ1n) is 4.10. The smallest absolute Gasteiger partial charge is 0.0406 e. The first-order chi connectivity index (χ1) is 6.61. The van der Waals surface area contributed by atoms with Gasteiger partial charge < -0.3 is 11.5 Å². The van der Waals surface area contributed by atoms with Gasteiger partial charge in [-0.05, 0) is 24.3 Å². The van der Waals surface area contributed by atoms with E-state index in [0.29, 0.717) is 11.4 Å². The van der Waals surface area contributed by atoms with Crippen LogP contribution in [0.15, 0.2) is 34.1 Å². The van der Waals surface area contributed by atoms with Crippen molar-refractivity contribution >= 4 is 47.4 Å². The second kappa shape index (κ2) is 3.29. The third kappa shape index (κ3) is 1.31. The molecular formula is C10H10N2S2. The van der Waals surface area contributed by atoms with Crippen LogP contribution in [0.4, 0.5) is 11.4 Å². The van der Waals surface area contributed by atoms with E-state index in [4.69, 9.17) is 11.5 Å². The van der Waals surface area contributed by atoms with Crippen molar-refractivity contribution in [2.75, 3.05) is 11.5 Å². The van der Waals surface area contributed by atoms with Crippen LogP contribution in [0.3, 0.4) is 0 Å². The Morgan fingerprint density at radius 2 is 1.07 bits per heavy atom. The van der Waals surface area contributed by atoms with Crippen LogP contribution >= 0.6 is 25.3 Å². The summed E-state index contributed by atoms with van der Waals surface area (Å²) in [5, 5.41) is 1.75. The van der Waals surface area contributed by atoms with Crippen LogP contribution < -0.4 is 11.5 Å². The third-order valence-electron chi connectivity index (χ3n) is 2.18. The van der Waals surface area contributed by atoms with Gasteiger partial charge >= 0.3 is 0 Å². The molecule has 0 saturated carbocycles. The summed E-state index contributed by atoms with van der Waals surface area (Å²) >= 11 is 8.69. The van der Waals surface area contributed by atoms with Gasteiger partial charge in [0, 0.05) is 31.9 Å². The van der Waals surface area contributed by atoms with Gasteiger partial charge in [0.15, 0.2) is 0 Å². The predicted octanol–water partition coefficient (Wildman–Crippen LogP) is 2.58. The Bertz CT molecular complexity index is 420. The second-order valence-corrected chi connectivity index (χ2v) is 4.06. The highest BCUT2D eigenvalue weighted by molar-refractivity contribution is 7.81. The van der Waals surface area contributed by atoms with E-state index in [1.54, 1.807) is 0 Å². The molecule has 4 N–H and O–H groups in total. The minimum Gasteiger partial charge on any atom is -0.398 e. The summed E-state index contributed by atoms with van der Waals surface area (Å²) in [6.07, 6.45) is 0. The molecule has 4 heteroatoms. The lowest BCUT2D eigenvalue weighted by atomic mass is 10.1. The Balaban J connectivity index is 3.05. The van der Waals surface area contributed by atoms with Gasteiger partial charge in [-0.2, -0.15) is 0 Å². The van der Waals surface area contributed by atoms with Gasteiger partial charge in [-0.25, -0.2) is 0 Å². The number of nitrogen functional groups attached to an aromatic ring is 2. The molecule has 0 aromatic heterocycles. The monoisotopic (exact) mass is 222 g/mol. The Morgan fingerprint density at radius 1 is 0.714 bits per heavy atom. The maximum Gasteiger partial charge on any atom is 0.0406 e. The molecule has 0 aliphatic heterocycles. The summed E-state index contributed by atoms with van der Waals surface area (Å²) in [6.45, 7) is 0. The van der Waals surface area contributed by atoms with Crippen LogP contribution in [0.5, 0.6) is 0 Å². The zero-order valence-corrected chi connectivity index (χ0v) is 9.15. The Morgan fingerprint density at radius 3 is 1.43 bits per heavy atom. The van der Waals surface area contributed by atoms with Crippen molar-refractivity contribution in [3.05, 3.63) is 24.3 Å². The lowest BCUT2D eigenvalue weighted by Gasteiger charge is -2.09. The van der Waals surface area contributed by atoms with Gasteiger partial charge in [0.25, 0.3) is 0 Å². The van der Waals surface area contributed by atoms with Crippen molar-refractivity contribution in [2.45, 2.75) is 9.79 Å². The number of rotatable bonds is 0. The molecule has 0 fully saturated rings. The molecule has 0 heterocycles. The van der Waals surface area contributed by atoms with Gasteiger partial charge in [-0.3, -0.25) is 0 Å². The van der Waals surface area contributed by atoms with Crippen LogP contribution in [-0.4, -0.2) is 0 Å². The van der Waals surface area contributed by atoms with Gasteiger partial charge in [-0.15, -0.1) is 25.3 Å². The molecule has 0 spiro atoms. The molecule has 2 aromatic rings. The second-order valence-electron chi connectivity index (χ2n) is 3.10. The Kier molecular flexibility index (Phi) is 2.25. The van der Waals surface area contributed by atoms with Crippen LogP contribution in [0.25, 0.3) is 10.8 Å². The van der Waals surface area contributed by atoms with Crippen molar-refractivity contribution in [2.24, 2.45) is 0 Å².